The molecule has 1 atom stereocenters. The van der Waals surface area contributed by atoms with E-state index in [9.17, 15) is 4.39 Å². The van der Waals surface area contributed by atoms with Crippen molar-refractivity contribution in [3.8, 4) is 0 Å². The van der Waals surface area contributed by atoms with Gasteiger partial charge in [0.15, 0.2) is 0 Å². The van der Waals surface area contributed by atoms with Crippen molar-refractivity contribution in [3.63, 3.8) is 0 Å². The van der Waals surface area contributed by atoms with E-state index in [4.69, 9.17) is 0 Å². The van der Waals surface area contributed by atoms with E-state index in [1.165, 1.54) is 12.3 Å². The predicted octanol–water partition coefficient (Wildman–Crippen LogP) is 3.46. The highest BCUT2D eigenvalue weighted by Crippen LogP contribution is 2.17. The van der Waals surface area contributed by atoms with Crippen LogP contribution < -0.4 is 5.32 Å². The minimum absolute atomic E-state index is 0.363. The third-order valence-corrected chi connectivity index (χ3v) is 2.88. The molecular weight excluding hydrogens is 191 g/mol. The van der Waals surface area contributed by atoms with Crippen LogP contribution in [0.5, 0.6) is 0 Å². The zero-order valence-electron chi connectivity index (χ0n) is 9.63. The van der Waals surface area contributed by atoms with Crippen molar-refractivity contribution in [2.75, 3.05) is 5.32 Å². The van der Waals surface area contributed by atoms with Crippen LogP contribution in [-0.2, 0) is 0 Å². The zero-order chi connectivity index (χ0) is 11.3. The highest BCUT2D eigenvalue weighted by molar-refractivity contribution is 5.42. The van der Waals surface area contributed by atoms with Crippen molar-refractivity contribution < 1.29 is 4.39 Å². The lowest BCUT2D eigenvalue weighted by atomic mass is 9.95. The summed E-state index contributed by atoms with van der Waals surface area (Å²) in [5, 5.41) is 3.30. The highest BCUT2D eigenvalue weighted by Gasteiger charge is 2.12. The highest BCUT2D eigenvalue weighted by atomic mass is 19.1. The van der Waals surface area contributed by atoms with Crippen LogP contribution in [0, 0.1) is 11.9 Å². The lowest BCUT2D eigenvalue weighted by molar-refractivity contribution is 0.437. The number of hydrogen-bond donors (Lipinski definition) is 1. The van der Waals surface area contributed by atoms with Crippen LogP contribution in [0.4, 0.5) is 10.1 Å². The number of halogens is 1. The third kappa shape index (κ3) is 3.50. The summed E-state index contributed by atoms with van der Waals surface area (Å²) in [6, 6.07) is 3.59. The lowest BCUT2D eigenvalue weighted by Gasteiger charge is -2.23. The molecule has 0 bridgehead atoms. The van der Waals surface area contributed by atoms with Crippen LogP contribution in [0.3, 0.4) is 0 Å². The minimum Gasteiger partial charge on any atom is -0.382 e. The summed E-state index contributed by atoms with van der Waals surface area (Å²) in [5.41, 5.74) is 0.807. The Bertz CT molecular complexity index is 297. The second kappa shape index (κ2) is 5.69. The fourth-order valence-electron chi connectivity index (χ4n) is 1.87. The second-order valence-corrected chi connectivity index (χ2v) is 3.88. The fourth-order valence-corrected chi connectivity index (χ4v) is 1.87. The molecule has 1 N–H and O–H groups in total. The average Bonchev–Trinajstić information content (AvgIpc) is 2.19. The maximum absolute atomic E-state index is 12.8. The van der Waals surface area contributed by atoms with Crippen LogP contribution in [-0.4, -0.2) is 11.0 Å². The van der Waals surface area contributed by atoms with Gasteiger partial charge in [0.25, 0.3) is 0 Å². The Morgan fingerprint density at radius 1 is 1.40 bits per heavy atom. The number of pyridine rings is 1. The maximum atomic E-state index is 12.8. The molecule has 15 heavy (non-hydrogen) atoms. The molecule has 1 unspecified atom stereocenters. The molecule has 0 radical (unpaired) electrons. The first-order valence-electron chi connectivity index (χ1n) is 5.55. The summed E-state index contributed by atoms with van der Waals surface area (Å²) in [6.07, 6.45) is 3.76. The summed E-state index contributed by atoms with van der Waals surface area (Å²) in [5.74, 6) is 0.193. The molecule has 0 aromatic carbocycles. The van der Waals surface area contributed by atoms with Crippen molar-refractivity contribution in [1.82, 2.24) is 4.98 Å². The summed E-state index contributed by atoms with van der Waals surface area (Å²) in [4.78, 5) is 3.53. The summed E-state index contributed by atoms with van der Waals surface area (Å²) in [6.45, 7) is 6.49. The van der Waals surface area contributed by atoms with Gasteiger partial charge in [0.1, 0.15) is 0 Å². The van der Waals surface area contributed by atoms with Crippen LogP contribution >= 0.6 is 0 Å². The van der Waals surface area contributed by atoms with Crippen LogP contribution in [0.1, 0.15) is 33.6 Å². The third-order valence-electron chi connectivity index (χ3n) is 2.88. The van der Waals surface area contributed by atoms with Crippen LogP contribution in [0.25, 0.3) is 0 Å². The fraction of sp³-hybridized carbons (Fsp3) is 0.583. The van der Waals surface area contributed by atoms with E-state index in [0.717, 1.165) is 18.5 Å². The first-order valence-corrected chi connectivity index (χ1v) is 5.55. The van der Waals surface area contributed by atoms with Gasteiger partial charge in [0, 0.05) is 24.0 Å². The molecule has 1 aromatic rings. The first kappa shape index (κ1) is 12.0. The van der Waals surface area contributed by atoms with Crippen molar-refractivity contribution in [1.29, 1.82) is 0 Å². The number of rotatable bonds is 5. The molecule has 3 heteroatoms. The van der Waals surface area contributed by atoms with Gasteiger partial charge in [0.2, 0.25) is 5.95 Å². The zero-order valence-corrected chi connectivity index (χ0v) is 9.63. The van der Waals surface area contributed by atoms with E-state index in [1.54, 1.807) is 6.07 Å². The lowest BCUT2D eigenvalue weighted by Crippen LogP contribution is -2.25. The van der Waals surface area contributed by atoms with Gasteiger partial charge in [0.05, 0.1) is 0 Å². The van der Waals surface area contributed by atoms with Gasteiger partial charge >= 0.3 is 0 Å². The Morgan fingerprint density at radius 2 is 2.07 bits per heavy atom. The molecule has 0 fully saturated rings. The number of nitrogens with zero attached hydrogens (tertiary/aromatic N) is 1. The van der Waals surface area contributed by atoms with Gasteiger partial charge in [-0.25, -0.2) is 4.98 Å². The summed E-state index contributed by atoms with van der Waals surface area (Å²) in [7, 11) is 0. The molecule has 0 saturated heterocycles. The molecule has 0 amide bonds. The molecule has 0 aliphatic heterocycles. The van der Waals surface area contributed by atoms with E-state index in [0.29, 0.717) is 12.0 Å². The molecule has 2 nitrogen and oxygen atoms in total. The van der Waals surface area contributed by atoms with Crippen LogP contribution in [0.15, 0.2) is 18.3 Å². The summed E-state index contributed by atoms with van der Waals surface area (Å²) < 4.78 is 12.8. The molecule has 0 saturated carbocycles. The van der Waals surface area contributed by atoms with Gasteiger partial charge in [-0.15, -0.1) is 0 Å². The number of hydrogen-bond acceptors (Lipinski definition) is 2. The Balaban J connectivity index is 2.61. The molecule has 1 aromatic heterocycles. The molecule has 0 spiro atoms. The van der Waals surface area contributed by atoms with E-state index < -0.39 is 5.95 Å². The predicted molar refractivity (Wildman–Crippen MR) is 61.4 cm³/mol. The van der Waals surface area contributed by atoms with Crippen LogP contribution in [0.2, 0.25) is 0 Å². The van der Waals surface area contributed by atoms with E-state index in [-0.39, 0.29) is 0 Å². The number of aromatic nitrogens is 1. The molecule has 1 rings (SSSR count). The second-order valence-electron chi connectivity index (χ2n) is 3.88. The quantitative estimate of drug-likeness (QED) is 0.753. The van der Waals surface area contributed by atoms with Gasteiger partial charge in [-0.3, -0.25) is 0 Å². The van der Waals surface area contributed by atoms with E-state index >= 15 is 0 Å². The largest absolute Gasteiger partial charge is 0.382 e. The standard InChI is InChI=1S/C12H19FN2/c1-4-10(5-2)9(3)15-11-6-7-14-12(13)8-11/h6-10H,4-5H2,1-3H3,(H,14,15). The topological polar surface area (TPSA) is 24.9 Å². The maximum Gasteiger partial charge on any atom is 0.214 e. The number of anilines is 1. The monoisotopic (exact) mass is 210 g/mol. The Labute approximate surface area is 90.9 Å². The van der Waals surface area contributed by atoms with Gasteiger partial charge in [-0.1, -0.05) is 26.7 Å². The number of nitrogens with one attached hydrogen (secondary N) is 1. The van der Waals surface area contributed by atoms with E-state index in [1.807, 2.05) is 0 Å². The Kier molecular flexibility index (Phi) is 4.53. The first-order chi connectivity index (χ1) is 7.17. The van der Waals surface area contributed by atoms with Crippen molar-refractivity contribution in [2.45, 2.75) is 39.7 Å². The van der Waals surface area contributed by atoms with Gasteiger partial charge in [-0.2, -0.15) is 4.39 Å². The molecular formula is C12H19FN2. The van der Waals surface area contributed by atoms with E-state index in [2.05, 4.69) is 31.1 Å². The smallest absolute Gasteiger partial charge is 0.214 e. The molecule has 1 heterocycles. The minimum atomic E-state index is -0.434. The Hall–Kier alpha value is -1.12. The molecule has 0 aliphatic carbocycles. The SMILES string of the molecule is CCC(CC)C(C)Nc1ccnc(F)c1. The summed E-state index contributed by atoms with van der Waals surface area (Å²) >= 11 is 0. The molecule has 0 aliphatic rings. The normalized spacial score (nSPS) is 12.9. The van der Waals surface area contributed by atoms with Crippen molar-refractivity contribution in [3.05, 3.63) is 24.3 Å². The van der Waals surface area contributed by atoms with Gasteiger partial charge < -0.3 is 5.32 Å². The van der Waals surface area contributed by atoms with Gasteiger partial charge in [-0.05, 0) is 18.9 Å². The van der Waals surface area contributed by atoms with Crippen molar-refractivity contribution in [2.24, 2.45) is 5.92 Å². The Morgan fingerprint density at radius 3 is 2.60 bits per heavy atom. The average molecular weight is 210 g/mol. The molecule has 84 valence electrons. The van der Waals surface area contributed by atoms with Crippen molar-refractivity contribution >= 4 is 5.69 Å².